The molecule has 0 radical (unpaired) electrons. The molecule has 2 nitrogen and oxygen atoms in total. The van der Waals surface area contributed by atoms with Gasteiger partial charge in [0, 0.05) is 16.2 Å². The molecule has 1 aromatic carbocycles. The molecular weight excluding hydrogens is 309 g/mol. The van der Waals surface area contributed by atoms with Crippen molar-refractivity contribution >= 4 is 50.2 Å². The second-order valence-electron chi connectivity index (χ2n) is 2.01. The smallest absolute Gasteiger partial charge is 0.139 e. The van der Waals surface area contributed by atoms with E-state index in [0.717, 1.165) is 4.47 Å². The largest absolute Gasteiger partial charge is 0.495 e. The van der Waals surface area contributed by atoms with E-state index in [4.69, 9.17) is 22.1 Å². The molecule has 0 bridgehead atoms. The summed E-state index contributed by atoms with van der Waals surface area (Å²) in [6, 6.07) is 3.38. The first-order chi connectivity index (χ1) is 5.15. The van der Waals surface area contributed by atoms with E-state index in [1.807, 2.05) is 0 Å². The van der Waals surface area contributed by atoms with Gasteiger partial charge in [0.15, 0.2) is 0 Å². The van der Waals surface area contributed by atoms with E-state index in [9.17, 15) is 0 Å². The Kier molecular flexibility index (Phi) is 4.97. The van der Waals surface area contributed by atoms with Gasteiger partial charge in [0.2, 0.25) is 0 Å². The molecule has 0 spiro atoms. The van der Waals surface area contributed by atoms with E-state index < -0.39 is 0 Å². The molecule has 68 valence electrons. The molecule has 1 aromatic rings. The fraction of sp³-hybridized carbons (Fsp3) is 0.143. The zero-order valence-corrected chi connectivity index (χ0v) is 10.4. The molecule has 2 N–H and O–H groups in total. The summed E-state index contributed by atoms with van der Waals surface area (Å²) in [5.41, 5.74) is 6.20. The van der Waals surface area contributed by atoms with Gasteiger partial charge in [-0.3, -0.25) is 0 Å². The van der Waals surface area contributed by atoms with Crippen LogP contribution in [0.1, 0.15) is 0 Å². The van der Waals surface area contributed by atoms with Gasteiger partial charge < -0.3 is 10.5 Å². The Labute approximate surface area is 94.9 Å². The maximum Gasteiger partial charge on any atom is 0.139 e. The van der Waals surface area contributed by atoms with Crippen molar-refractivity contribution in [3.63, 3.8) is 0 Å². The van der Waals surface area contributed by atoms with Crippen molar-refractivity contribution in [3.8, 4) is 5.75 Å². The molecule has 5 heteroatoms. The summed E-state index contributed by atoms with van der Waals surface area (Å²) in [5.74, 6) is 0.590. The Balaban J connectivity index is 0.00000121. The van der Waals surface area contributed by atoms with Crippen LogP contribution in [0.25, 0.3) is 0 Å². The molecule has 1 rings (SSSR count). The van der Waals surface area contributed by atoms with Gasteiger partial charge in [-0.1, -0.05) is 11.6 Å². The van der Waals surface area contributed by atoms with Gasteiger partial charge in [0.05, 0.1) is 12.1 Å². The van der Waals surface area contributed by atoms with Gasteiger partial charge in [0.1, 0.15) is 5.75 Å². The highest BCUT2D eigenvalue weighted by Gasteiger charge is 2.03. The van der Waals surface area contributed by atoms with Gasteiger partial charge in [-0.25, -0.2) is 0 Å². The maximum atomic E-state index is 5.79. The zero-order chi connectivity index (χ0) is 8.43. The van der Waals surface area contributed by atoms with E-state index in [1.165, 1.54) is 0 Å². The number of methoxy groups -OCH3 is 1. The Hall–Kier alpha value is 0.0700. The van der Waals surface area contributed by atoms with Crippen molar-refractivity contribution < 1.29 is 4.74 Å². The predicted octanol–water partition coefficient (Wildman–Crippen LogP) is 3.27. The van der Waals surface area contributed by atoms with Crippen LogP contribution in [0.4, 0.5) is 5.69 Å². The Morgan fingerprint density at radius 1 is 1.50 bits per heavy atom. The second kappa shape index (κ2) is 4.94. The number of nitrogens with two attached hydrogens (primary N) is 1. The van der Waals surface area contributed by atoms with Crippen molar-refractivity contribution in [2.45, 2.75) is 0 Å². The fourth-order valence-electron chi connectivity index (χ4n) is 0.701. The molecule has 0 atom stereocenters. The first-order valence-electron chi connectivity index (χ1n) is 2.93. The molecule has 0 heterocycles. The first kappa shape index (κ1) is 12.1. The van der Waals surface area contributed by atoms with Crippen molar-refractivity contribution in [3.05, 3.63) is 21.6 Å². The lowest BCUT2D eigenvalue weighted by Gasteiger charge is -2.04. The Morgan fingerprint density at radius 3 is 2.58 bits per heavy atom. The number of halogens is 3. The highest BCUT2D eigenvalue weighted by Crippen LogP contribution is 2.32. The Bertz CT molecular complexity index is 280. The van der Waals surface area contributed by atoms with Crippen LogP contribution < -0.4 is 10.5 Å². The maximum absolute atomic E-state index is 5.79. The van der Waals surface area contributed by atoms with Gasteiger partial charge in [-0.05, 0) is 22.0 Å². The number of anilines is 1. The normalized spacial score (nSPS) is 8.92. The van der Waals surface area contributed by atoms with Crippen LogP contribution in [-0.2, 0) is 0 Å². The minimum Gasteiger partial charge on any atom is -0.495 e. The van der Waals surface area contributed by atoms with Crippen LogP contribution in [0.2, 0.25) is 5.02 Å². The summed E-state index contributed by atoms with van der Waals surface area (Å²) in [6.07, 6.45) is 0. The topological polar surface area (TPSA) is 35.2 Å². The van der Waals surface area contributed by atoms with Crippen molar-refractivity contribution in [1.29, 1.82) is 0 Å². The molecule has 0 aliphatic carbocycles. The monoisotopic (exact) mass is 315 g/mol. The van der Waals surface area contributed by atoms with Crippen LogP contribution in [0.5, 0.6) is 5.75 Å². The molecule has 0 aliphatic rings. The average molecular weight is 317 g/mol. The van der Waals surface area contributed by atoms with Crippen molar-refractivity contribution in [2.24, 2.45) is 0 Å². The lowest BCUT2D eigenvalue weighted by atomic mass is 10.3. The third-order valence-corrected chi connectivity index (χ3v) is 2.25. The van der Waals surface area contributed by atoms with Crippen molar-refractivity contribution in [1.82, 2.24) is 0 Å². The number of nitrogen functional groups attached to an aromatic ring is 1. The van der Waals surface area contributed by atoms with Crippen LogP contribution in [0.15, 0.2) is 16.6 Å². The summed E-state index contributed by atoms with van der Waals surface area (Å²) >= 11 is 9.04. The van der Waals surface area contributed by atoms with E-state index in [0.29, 0.717) is 16.5 Å². The fourth-order valence-corrected chi connectivity index (χ4v) is 1.42. The van der Waals surface area contributed by atoms with E-state index >= 15 is 0 Å². The van der Waals surface area contributed by atoms with E-state index in [1.54, 1.807) is 19.2 Å². The molecule has 0 saturated heterocycles. The number of benzene rings is 1. The third-order valence-electron chi connectivity index (χ3n) is 1.27. The average Bonchev–Trinajstić information content (AvgIpc) is 1.97. The molecule has 12 heavy (non-hydrogen) atoms. The molecule has 0 fully saturated rings. The second-order valence-corrected chi connectivity index (χ2v) is 3.27. The molecule has 0 saturated carbocycles. The van der Waals surface area contributed by atoms with Gasteiger partial charge in [-0.15, -0.1) is 17.0 Å². The number of rotatable bonds is 1. The van der Waals surface area contributed by atoms with Crippen LogP contribution >= 0.6 is 44.5 Å². The molecule has 0 unspecified atom stereocenters. The summed E-state index contributed by atoms with van der Waals surface area (Å²) in [7, 11) is 1.55. The number of ether oxygens (including phenoxy) is 1. The SMILES string of the molecule is Br.COc1cc(N)c(Br)cc1Cl. The van der Waals surface area contributed by atoms with Crippen LogP contribution in [-0.4, -0.2) is 7.11 Å². The summed E-state index contributed by atoms with van der Waals surface area (Å²) in [4.78, 5) is 0. The standard InChI is InChI=1S/C7H7BrClNO.BrH/c1-11-7-3-6(10)4(8)2-5(7)9;/h2-3H,10H2,1H3;1H. The van der Waals surface area contributed by atoms with Crippen molar-refractivity contribution in [2.75, 3.05) is 12.8 Å². The van der Waals surface area contributed by atoms with E-state index in [-0.39, 0.29) is 17.0 Å². The van der Waals surface area contributed by atoms with Crippen LogP contribution in [0, 0.1) is 0 Å². The van der Waals surface area contributed by atoms with E-state index in [2.05, 4.69) is 15.9 Å². The highest BCUT2D eigenvalue weighted by molar-refractivity contribution is 9.10. The summed E-state index contributed by atoms with van der Waals surface area (Å²) in [6.45, 7) is 0. The number of hydrogen-bond donors (Lipinski definition) is 1. The lowest BCUT2D eigenvalue weighted by Crippen LogP contribution is -1.90. The molecule has 0 aliphatic heterocycles. The predicted molar refractivity (Wildman–Crippen MR) is 60.4 cm³/mol. The number of hydrogen-bond acceptors (Lipinski definition) is 2. The molecular formula is C7H8Br2ClNO. The lowest BCUT2D eigenvalue weighted by molar-refractivity contribution is 0.415. The van der Waals surface area contributed by atoms with Gasteiger partial charge >= 0.3 is 0 Å². The minimum atomic E-state index is 0. The molecule has 0 amide bonds. The first-order valence-corrected chi connectivity index (χ1v) is 4.10. The summed E-state index contributed by atoms with van der Waals surface area (Å²) < 4.78 is 5.73. The third kappa shape index (κ3) is 2.54. The zero-order valence-electron chi connectivity index (χ0n) is 6.30. The molecule has 0 aromatic heterocycles. The quantitative estimate of drug-likeness (QED) is 0.807. The Morgan fingerprint density at radius 2 is 2.08 bits per heavy atom. The van der Waals surface area contributed by atoms with Crippen LogP contribution in [0.3, 0.4) is 0 Å². The van der Waals surface area contributed by atoms with Gasteiger partial charge in [-0.2, -0.15) is 0 Å². The highest BCUT2D eigenvalue weighted by atomic mass is 79.9. The van der Waals surface area contributed by atoms with Gasteiger partial charge in [0.25, 0.3) is 0 Å². The summed E-state index contributed by atoms with van der Waals surface area (Å²) in [5, 5.41) is 0.550. The minimum absolute atomic E-state index is 0.